The highest BCUT2D eigenvalue weighted by molar-refractivity contribution is 6.04. The molecule has 0 aliphatic heterocycles. The molecule has 152 valence electrons. The third-order valence-corrected chi connectivity index (χ3v) is 5.04. The van der Waals surface area contributed by atoms with Gasteiger partial charge >= 0.3 is 0 Å². The summed E-state index contributed by atoms with van der Waals surface area (Å²) in [5, 5.41) is 4.11. The Hall–Kier alpha value is -2.95. The highest BCUT2D eigenvalue weighted by Gasteiger charge is 2.15. The van der Waals surface area contributed by atoms with Crippen LogP contribution in [0.4, 0.5) is 0 Å². The summed E-state index contributed by atoms with van der Waals surface area (Å²) in [6.45, 7) is 6.79. The Bertz CT molecular complexity index is 914. The molecule has 5 heteroatoms. The first-order valence-corrected chi connectivity index (χ1v) is 10.1. The number of hydrazone groups is 1. The van der Waals surface area contributed by atoms with Crippen LogP contribution in [-0.2, 0) is 11.4 Å². The summed E-state index contributed by atoms with van der Waals surface area (Å²) in [7, 11) is 0. The summed E-state index contributed by atoms with van der Waals surface area (Å²) in [5.41, 5.74) is 7.17. The summed E-state index contributed by atoms with van der Waals surface area (Å²) in [4.78, 5) is 23.7. The van der Waals surface area contributed by atoms with Crippen LogP contribution in [0.1, 0.15) is 72.5 Å². The van der Waals surface area contributed by atoms with Crippen molar-refractivity contribution in [3.63, 3.8) is 0 Å². The van der Waals surface area contributed by atoms with E-state index in [2.05, 4.69) is 49.5 Å². The predicted octanol–water partition coefficient (Wildman–Crippen LogP) is 4.93. The molecule has 29 heavy (non-hydrogen) atoms. The van der Waals surface area contributed by atoms with Crippen LogP contribution in [0.3, 0.4) is 0 Å². The molecule has 3 rings (SSSR count). The lowest BCUT2D eigenvalue weighted by Gasteiger charge is -2.15. The zero-order valence-corrected chi connectivity index (χ0v) is 17.3. The van der Waals surface area contributed by atoms with E-state index in [4.69, 9.17) is 4.74 Å². The van der Waals surface area contributed by atoms with Crippen molar-refractivity contribution in [1.82, 2.24) is 5.43 Å². The molecule has 1 saturated carbocycles. The third-order valence-electron chi connectivity index (χ3n) is 5.04. The van der Waals surface area contributed by atoms with E-state index in [0.717, 1.165) is 35.4 Å². The maximum Gasteiger partial charge on any atom is 0.271 e. The molecule has 1 N–H and O–H groups in total. The second kappa shape index (κ2) is 9.50. The van der Waals surface area contributed by atoms with Gasteiger partial charge in [-0.2, -0.15) is 5.10 Å². The molecule has 5 nitrogen and oxygen atoms in total. The minimum atomic E-state index is -0.274. The Morgan fingerprint density at radius 1 is 1.14 bits per heavy atom. The lowest BCUT2D eigenvalue weighted by molar-refractivity contribution is -0.118. The Morgan fingerprint density at radius 2 is 1.90 bits per heavy atom. The van der Waals surface area contributed by atoms with Gasteiger partial charge in [-0.25, -0.2) is 5.43 Å². The fourth-order valence-corrected chi connectivity index (χ4v) is 3.34. The summed E-state index contributed by atoms with van der Waals surface area (Å²) in [5.74, 6) is 1.20. The number of carbonyl (C=O) groups is 2. The predicted molar refractivity (Wildman–Crippen MR) is 114 cm³/mol. The SMILES string of the molecule is Cc1ccc(C(C)C)c(OCc2ccc(C(=O)N/N=C3/CCCC(=O)C3)cc2)c1. The number of ketones is 1. The van der Waals surface area contributed by atoms with E-state index in [1.807, 2.05) is 12.1 Å². The number of rotatable bonds is 6. The summed E-state index contributed by atoms with van der Waals surface area (Å²) < 4.78 is 6.05. The Labute approximate surface area is 172 Å². The number of benzene rings is 2. The van der Waals surface area contributed by atoms with Crippen molar-refractivity contribution in [2.45, 2.75) is 59.0 Å². The van der Waals surface area contributed by atoms with E-state index in [-0.39, 0.29) is 11.7 Å². The largest absolute Gasteiger partial charge is 0.489 e. The van der Waals surface area contributed by atoms with Crippen LogP contribution >= 0.6 is 0 Å². The molecule has 0 saturated heterocycles. The van der Waals surface area contributed by atoms with Gasteiger partial charge in [0, 0.05) is 24.1 Å². The maximum atomic E-state index is 12.3. The monoisotopic (exact) mass is 392 g/mol. The molecule has 0 aromatic heterocycles. The second-order valence-corrected chi connectivity index (χ2v) is 7.87. The summed E-state index contributed by atoms with van der Waals surface area (Å²) in [6.07, 6.45) is 2.52. The molecule has 2 aromatic rings. The van der Waals surface area contributed by atoms with Gasteiger partial charge in [0.1, 0.15) is 18.1 Å². The maximum absolute atomic E-state index is 12.3. The minimum absolute atomic E-state index is 0.183. The normalized spacial score (nSPS) is 15.6. The topological polar surface area (TPSA) is 67.8 Å². The molecule has 2 aromatic carbocycles. The van der Waals surface area contributed by atoms with E-state index in [1.54, 1.807) is 12.1 Å². The molecule has 1 amide bonds. The number of amides is 1. The number of nitrogens with zero attached hydrogens (tertiary/aromatic N) is 1. The number of hydrogen-bond acceptors (Lipinski definition) is 4. The fourth-order valence-electron chi connectivity index (χ4n) is 3.34. The van der Waals surface area contributed by atoms with E-state index in [9.17, 15) is 9.59 Å². The molecule has 1 aliphatic carbocycles. The van der Waals surface area contributed by atoms with E-state index >= 15 is 0 Å². The van der Waals surface area contributed by atoms with E-state index in [0.29, 0.717) is 30.9 Å². The number of carbonyl (C=O) groups excluding carboxylic acids is 2. The van der Waals surface area contributed by atoms with Gasteiger partial charge in [-0.15, -0.1) is 0 Å². The number of Topliss-reactive ketones (excluding diaryl/α,β-unsaturated/α-hetero) is 1. The highest BCUT2D eigenvalue weighted by Crippen LogP contribution is 2.28. The van der Waals surface area contributed by atoms with Crippen molar-refractivity contribution in [3.8, 4) is 5.75 Å². The first-order valence-electron chi connectivity index (χ1n) is 10.1. The summed E-state index contributed by atoms with van der Waals surface area (Å²) in [6, 6.07) is 13.6. The molecule has 1 fully saturated rings. The lowest BCUT2D eigenvalue weighted by Crippen LogP contribution is -2.22. The lowest BCUT2D eigenvalue weighted by atomic mass is 9.97. The van der Waals surface area contributed by atoms with Gasteiger partial charge in [0.05, 0.1) is 0 Å². The van der Waals surface area contributed by atoms with Crippen LogP contribution in [0.15, 0.2) is 47.6 Å². The van der Waals surface area contributed by atoms with Crippen LogP contribution in [0, 0.1) is 6.92 Å². The molecular weight excluding hydrogens is 364 g/mol. The summed E-state index contributed by atoms with van der Waals surface area (Å²) >= 11 is 0. The van der Waals surface area contributed by atoms with Gasteiger partial charge in [-0.1, -0.05) is 38.1 Å². The second-order valence-electron chi connectivity index (χ2n) is 7.87. The number of nitrogens with one attached hydrogen (secondary N) is 1. The van der Waals surface area contributed by atoms with Crippen molar-refractivity contribution < 1.29 is 14.3 Å². The van der Waals surface area contributed by atoms with Crippen molar-refractivity contribution >= 4 is 17.4 Å². The van der Waals surface area contributed by atoms with Crippen LogP contribution in [0.5, 0.6) is 5.75 Å². The Kier molecular flexibility index (Phi) is 6.81. The van der Waals surface area contributed by atoms with Gasteiger partial charge in [0.15, 0.2) is 0 Å². The van der Waals surface area contributed by atoms with Gasteiger partial charge in [-0.3, -0.25) is 9.59 Å². The third kappa shape index (κ3) is 5.76. The molecule has 0 radical (unpaired) electrons. The molecule has 1 aliphatic rings. The van der Waals surface area contributed by atoms with Crippen molar-refractivity contribution in [2.75, 3.05) is 0 Å². The van der Waals surface area contributed by atoms with Crippen molar-refractivity contribution in [3.05, 3.63) is 64.7 Å². The molecule has 0 bridgehead atoms. The quantitative estimate of drug-likeness (QED) is 0.709. The molecular formula is C24H28N2O3. The van der Waals surface area contributed by atoms with Crippen LogP contribution in [0.25, 0.3) is 0 Å². The molecule has 0 atom stereocenters. The zero-order chi connectivity index (χ0) is 20.8. The van der Waals surface area contributed by atoms with Gasteiger partial charge < -0.3 is 4.74 Å². The highest BCUT2D eigenvalue weighted by atomic mass is 16.5. The zero-order valence-electron chi connectivity index (χ0n) is 17.3. The average Bonchev–Trinajstić information content (AvgIpc) is 2.71. The first kappa shape index (κ1) is 20.8. The van der Waals surface area contributed by atoms with Gasteiger partial charge in [-0.05, 0) is 60.6 Å². The van der Waals surface area contributed by atoms with E-state index in [1.165, 1.54) is 5.56 Å². The molecule has 0 heterocycles. The van der Waals surface area contributed by atoms with Gasteiger partial charge in [0.2, 0.25) is 0 Å². The van der Waals surface area contributed by atoms with Crippen molar-refractivity contribution in [1.29, 1.82) is 0 Å². The smallest absolute Gasteiger partial charge is 0.271 e. The molecule has 0 unspecified atom stereocenters. The number of hydrogen-bond donors (Lipinski definition) is 1. The molecule has 0 spiro atoms. The van der Waals surface area contributed by atoms with Gasteiger partial charge in [0.25, 0.3) is 5.91 Å². The standard InChI is InChI=1S/C24H28N2O3/c1-16(2)22-12-7-17(3)13-23(22)29-15-18-8-10-19(11-9-18)24(28)26-25-20-5-4-6-21(27)14-20/h7-13,16H,4-6,14-15H2,1-3H3,(H,26,28)/b25-20-. The minimum Gasteiger partial charge on any atom is -0.489 e. The van der Waals surface area contributed by atoms with Crippen LogP contribution in [-0.4, -0.2) is 17.4 Å². The first-order chi connectivity index (χ1) is 13.9. The van der Waals surface area contributed by atoms with Crippen LogP contribution in [0.2, 0.25) is 0 Å². The van der Waals surface area contributed by atoms with E-state index < -0.39 is 0 Å². The Morgan fingerprint density at radius 3 is 2.59 bits per heavy atom. The van der Waals surface area contributed by atoms with Crippen molar-refractivity contribution in [2.24, 2.45) is 5.10 Å². The Balaban J connectivity index is 1.59. The fraction of sp³-hybridized carbons (Fsp3) is 0.375. The average molecular weight is 392 g/mol. The van der Waals surface area contributed by atoms with Crippen LogP contribution < -0.4 is 10.2 Å². The number of ether oxygens (including phenoxy) is 1. The number of aryl methyl sites for hydroxylation is 1.